The van der Waals surface area contributed by atoms with Crippen LogP contribution in [-0.2, 0) is 14.8 Å². The molecule has 2 N–H and O–H groups in total. The Bertz CT molecular complexity index is 450. The van der Waals surface area contributed by atoms with Gasteiger partial charge in [-0.25, -0.2) is 12.7 Å². The monoisotopic (exact) mass is 341 g/mol. The molecule has 1 aliphatic rings. The molecule has 0 aromatic heterocycles. The normalized spacial score (nSPS) is 22.0. The molecule has 6 nitrogen and oxygen atoms in total. The van der Waals surface area contributed by atoms with Crippen LogP contribution in [0.3, 0.4) is 0 Å². The fourth-order valence-electron chi connectivity index (χ4n) is 2.54. The minimum Gasteiger partial charge on any atom is -0.341 e. The number of piperidine rings is 1. The van der Waals surface area contributed by atoms with Crippen LogP contribution in [0.25, 0.3) is 0 Å². The number of carbonyl (C=O) groups excluding carboxylic acids is 1. The first kappa shape index (κ1) is 20.6. The zero-order valence-corrected chi connectivity index (χ0v) is 15.0. The van der Waals surface area contributed by atoms with Gasteiger partial charge in [0.05, 0.1) is 0 Å². The molecule has 0 aliphatic carbocycles. The van der Waals surface area contributed by atoms with Crippen LogP contribution in [0.4, 0.5) is 0 Å². The van der Waals surface area contributed by atoms with Crippen molar-refractivity contribution in [2.45, 2.75) is 40.2 Å². The van der Waals surface area contributed by atoms with Gasteiger partial charge in [0.25, 0.3) is 0 Å². The van der Waals surface area contributed by atoms with Gasteiger partial charge in [-0.2, -0.15) is 0 Å². The second-order valence-electron chi connectivity index (χ2n) is 6.04. The van der Waals surface area contributed by atoms with Gasteiger partial charge in [-0.3, -0.25) is 4.79 Å². The fourth-order valence-corrected chi connectivity index (χ4v) is 4.01. The van der Waals surface area contributed by atoms with Crippen molar-refractivity contribution in [3.63, 3.8) is 0 Å². The standard InChI is InChI=1S/C13H27N3O3S.ClH/c1-5-16(6-2)20(18,19)9-12(17)15-8-7-11(14)13(3,4)10-15;/h11H,5-10,14H2,1-4H3;1H. The van der Waals surface area contributed by atoms with E-state index in [1.165, 1.54) is 4.31 Å². The highest BCUT2D eigenvalue weighted by molar-refractivity contribution is 7.89. The molecule has 8 heteroatoms. The number of carbonyl (C=O) groups is 1. The summed E-state index contributed by atoms with van der Waals surface area (Å²) in [6, 6.07) is 0.0472. The highest BCUT2D eigenvalue weighted by atomic mass is 35.5. The van der Waals surface area contributed by atoms with E-state index < -0.39 is 15.8 Å². The summed E-state index contributed by atoms with van der Waals surface area (Å²) in [4.78, 5) is 13.9. The lowest BCUT2D eigenvalue weighted by Gasteiger charge is -2.42. The Morgan fingerprint density at radius 2 is 1.86 bits per heavy atom. The Morgan fingerprint density at radius 1 is 1.33 bits per heavy atom. The number of rotatable bonds is 5. The Balaban J connectivity index is 0.00000400. The van der Waals surface area contributed by atoms with Crippen molar-refractivity contribution >= 4 is 28.3 Å². The van der Waals surface area contributed by atoms with Crippen molar-refractivity contribution in [2.24, 2.45) is 11.1 Å². The topological polar surface area (TPSA) is 83.7 Å². The molecule has 0 aromatic carbocycles. The number of halogens is 1. The van der Waals surface area contributed by atoms with Gasteiger partial charge < -0.3 is 10.6 Å². The molecule has 0 spiro atoms. The van der Waals surface area contributed by atoms with Crippen molar-refractivity contribution in [1.82, 2.24) is 9.21 Å². The van der Waals surface area contributed by atoms with Crippen LogP contribution < -0.4 is 5.73 Å². The molecule has 1 unspecified atom stereocenters. The van der Waals surface area contributed by atoms with Crippen LogP contribution in [-0.4, -0.2) is 61.5 Å². The quantitative estimate of drug-likeness (QED) is 0.796. The lowest BCUT2D eigenvalue weighted by Crippen LogP contribution is -2.55. The molecule has 21 heavy (non-hydrogen) atoms. The highest BCUT2D eigenvalue weighted by Gasteiger charge is 2.36. The van der Waals surface area contributed by atoms with Gasteiger partial charge in [0.2, 0.25) is 15.9 Å². The third kappa shape index (κ3) is 5.09. The summed E-state index contributed by atoms with van der Waals surface area (Å²) in [5.74, 6) is -0.767. The molecule has 1 atom stereocenters. The summed E-state index contributed by atoms with van der Waals surface area (Å²) >= 11 is 0. The summed E-state index contributed by atoms with van der Waals surface area (Å²) in [5.41, 5.74) is 5.86. The minimum absolute atomic E-state index is 0. The Kier molecular flexibility index (Phi) is 7.62. The molecule has 1 rings (SSSR count). The lowest BCUT2D eigenvalue weighted by atomic mass is 9.80. The zero-order valence-electron chi connectivity index (χ0n) is 13.3. The van der Waals surface area contributed by atoms with Crippen molar-refractivity contribution < 1.29 is 13.2 Å². The summed E-state index contributed by atoms with van der Waals surface area (Å²) in [6.45, 7) is 9.40. The smallest absolute Gasteiger partial charge is 0.239 e. The van der Waals surface area contributed by atoms with Gasteiger partial charge in [-0.05, 0) is 11.8 Å². The van der Waals surface area contributed by atoms with E-state index in [4.69, 9.17) is 5.73 Å². The first-order valence-corrected chi connectivity index (χ1v) is 8.76. The van der Waals surface area contributed by atoms with E-state index in [1.807, 2.05) is 13.8 Å². The molecule has 0 aromatic rings. The average molecular weight is 342 g/mol. The molecule has 126 valence electrons. The predicted molar refractivity (Wildman–Crippen MR) is 86.9 cm³/mol. The predicted octanol–water partition coefficient (Wildman–Crippen LogP) is 0.666. The molecule has 1 heterocycles. The van der Waals surface area contributed by atoms with Crippen LogP contribution in [0.1, 0.15) is 34.1 Å². The molecule has 0 bridgehead atoms. The van der Waals surface area contributed by atoms with E-state index >= 15 is 0 Å². The molecular formula is C13H28ClN3O3S. The van der Waals surface area contributed by atoms with Gasteiger partial charge in [0.1, 0.15) is 5.75 Å². The number of likely N-dealkylation sites (tertiary alicyclic amines) is 1. The Labute approximate surface area is 134 Å². The molecular weight excluding hydrogens is 314 g/mol. The number of nitrogens with zero attached hydrogens (tertiary/aromatic N) is 2. The van der Waals surface area contributed by atoms with Gasteiger partial charge in [-0.1, -0.05) is 27.7 Å². The molecule has 1 saturated heterocycles. The van der Waals surface area contributed by atoms with Crippen LogP contribution in [0, 0.1) is 5.41 Å². The van der Waals surface area contributed by atoms with Crippen molar-refractivity contribution in [3.8, 4) is 0 Å². The Hall–Kier alpha value is -0.370. The summed E-state index contributed by atoms with van der Waals surface area (Å²) < 4.78 is 25.6. The SMILES string of the molecule is CCN(CC)S(=O)(=O)CC(=O)N1CCC(N)C(C)(C)C1.Cl. The van der Waals surface area contributed by atoms with E-state index in [-0.39, 0.29) is 29.8 Å². The van der Waals surface area contributed by atoms with Gasteiger partial charge in [-0.15, -0.1) is 12.4 Å². The first-order chi connectivity index (χ1) is 9.14. The number of sulfonamides is 1. The van der Waals surface area contributed by atoms with Crippen molar-refractivity contribution in [3.05, 3.63) is 0 Å². The lowest BCUT2D eigenvalue weighted by molar-refractivity contribution is -0.131. The number of hydrogen-bond donors (Lipinski definition) is 1. The number of nitrogens with two attached hydrogens (primary N) is 1. The summed E-state index contributed by atoms with van der Waals surface area (Å²) in [6.07, 6.45) is 0.712. The third-order valence-corrected chi connectivity index (χ3v) is 5.98. The van der Waals surface area contributed by atoms with Gasteiger partial charge in [0.15, 0.2) is 0 Å². The van der Waals surface area contributed by atoms with Gasteiger partial charge in [0, 0.05) is 32.2 Å². The molecule has 1 amide bonds. The van der Waals surface area contributed by atoms with E-state index in [0.717, 1.165) is 0 Å². The van der Waals surface area contributed by atoms with Crippen LogP contribution >= 0.6 is 12.4 Å². The zero-order chi connectivity index (χ0) is 15.6. The fraction of sp³-hybridized carbons (Fsp3) is 0.923. The molecule has 0 radical (unpaired) electrons. The maximum absolute atomic E-state index is 12.2. The van der Waals surface area contributed by atoms with E-state index in [2.05, 4.69) is 0 Å². The molecule has 1 fully saturated rings. The maximum Gasteiger partial charge on any atom is 0.239 e. The maximum atomic E-state index is 12.2. The summed E-state index contributed by atoms with van der Waals surface area (Å²) in [7, 11) is -3.51. The van der Waals surface area contributed by atoms with E-state index in [0.29, 0.717) is 32.6 Å². The van der Waals surface area contributed by atoms with E-state index in [1.54, 1.807) is 18.7 Å². The van der Waals surface area contributed by atoms with Crippen LogP contribution in [0.2, 0.25) is 0 Å². The Morgan fingerprint density at radius 3 is 2.29 bits per heavy atom. The second-order valence-corrected chi connectivity index (χ2v) is 8.01. The second kappa shape index (κ2) is 7.76. The van der Waals surface area contributed by atoms with Crippen molar-refractivity contribution in [1.29, 1.82) is 0 Å². The van der Waals surface area contributed by atoms with Crippen molar-refractivity contribution in [2.75, 3.05) is 31.9 Å². The van der Waals surface area contributed by atoms with Crippen LogP contribution in [0.5, 0.6) is 0 Å². The number of amides is 1. The van der Waals surface area contributed by atoms with E-state index in [9.17, 15) is 13.2 Å². The first-order valence-electron chi connectivity index (χ1n) is 7.15. The average Bonchev–Trinajstić information content (AvgIpc) is 2.33. The molecule has 1 aliphatic heterocycles. The van der Waals surface area contributed by atoms with Crippen LogP contribution in [0.15, 0.2) is 0 Å². The minimum atomic E-state index is -3.51. The number of hydrogen-bond acceptors (Lipinski definition) is 4. The largest absolute Gasteiger partial charge is 0.341 e. The summed E-state index contributed by atoms with van der Waals surface area (Å²) in [5, 5.41) is 0. The third-order valence-electron chi connectivity index (χ3n) is 4.07. The van der Waals surface area contributed by atoms with Gasteiger partial charge >= 0.3 is 0 Å². The highest BCUT2D eigenvalue weighted by Crippen LogP contribution is 2.27. The molecule has 0 saturated carbocycles.